The Balaban J connectivity index is 1.34. The third-order valence-corrected chi connectivity index (χ3v) is 7.12. The maximum atomic E-state index is 11.7. The lowest BCUT2D eigenvalue weighted by atomic mass is 10.1. The molecule has 2 saturated heterocycles. The topological polar surface area (TPSA) is 86.9 Å². The number of sulfone groups is 1. The van der Waals surface area contributed by atoms with Crippen LogP contribution in [0, 0.1) is 0 Å². The van der Waals surface area contributed by atoms with Gasteiger partial charge in [-0.2, -0.15) is 0 Å². The molecule has 0 amide bonds. The van der Waals surface area contributed by atoms with E-state index in [1.54, 1.807) is 6.20 Å². The second kappa shape index (κ2) is 7.52. The highest BCUT2D eigenvalue weighted by molar-refractivity contribution is 7.91. The van der Waals surface area contributed by atoms with Gasteiger partial charge in [0.2, 0.25) is 5.89 Å². The molecule has 7 nitrogen and oxygen atoms in total. The van der Waals surface area contributed by atoms with Crippen molar-refractivity contribution in [2.24, 2.45) is 0 Å². The highest BCUT2D eigenvalue weighted by atomic mass is 35.5. The first-order valence-electron chi connectivity index (χ1n) is 8.95. The molecule has 0 radical (unpaired) electrons. The normalized spacial score (nSPS) is 26.4. The Labute approximate surface area is 163 Å². The average molecular weight is 412 g/mol. The number of rotatable bonds is 4. The fourth-order valence-corrected chi connectivity index (χ4v) is 5.78. The van der Waals surface area contributed by atoms with Crippen molar-refractivity contribution in [1.29, 1.82) is 0 Å². The molecule has 1 aromatic heterocycles. The summed E-state index contributed by atoms with van der Waals surface area (Å²) in [7, 11) is -3.12. The molecule has 2 atom stereocenters. The Hall–Kier alpha value is -1.45. The van der Waals surface area contributed by atoms with E-state index in [1.807, 2.05) is 24.3 Å². The molecule has 2 aliphatic heterocycles. The summed E-state index contributed by atoms with van der Waals surface area (Å²) in [5.41, 5.74) is 0.891. The highest BCUT2D eigenvalue weighted by Gasteiger charge is 2.40. The van der Waals surface area contributed by atoms with Gasteiger partial charge in [0.15, 0.2) is 15.6 Å². The van der Waals surface area contributed by atoms with Crippen LogP contribution in [-0.2, 0) is 16.4 Å². The van der Waals surface area contributed by atoms with Gasteiger partial charge in [-0.05, 0) is 12.1 Å². The molecule has 0 spiro atoms. The van der Waals surface area contributed by atoms with Gasteiger partial charge >= 0.3 is 0 Å². The van der Waals surface area contributed by atoms with Crippen molar-refractivity contribution in [1.82, 2.24) is 14.8 Å². The molecule has 0 saturated carbocycles. The molecular formula is C18H22ClN3O4S. The predicted octanol–water partition coefficient (Wildman–Crippen LogP) is 1.27. The van der Waals surface area contributed by atoms with Crippen LogP contribution in [0.5, 0.6) is 0 Å². The summed E-state index contributed by atoms with van der Waals surface area (Å²) in [5.74, 6) is 1.25. The number of benzene rings is 1. The van der Waals surface area contributed by atoms with Crippen LogP contribution in [0.15, 0.2) is 34.9 Å². The van der Waals surface area contributed by atoms with Gasteiger partial charge < -0.3 is 9.52 Å². The van der Waals surface area contributed by atoms with Gasteiger partial charge in [0.1, 0.15) is 0 Å². The van der Waals surface area contributed by atoms with Crippen LogP contribution in [0.4, 0.5) is 0 Å². The van der Waals surface area contributed by atoms with Gasteiger partial charge in [-0.3, -0.25) is 9.80 Å². The van der Waals surface area contributed by atoms with Crippen LogP contribution in [0.25, 0.3) is 11.3 Å². The van der Waals surface area contributed by atoms with Gasteiger partial charge in [0, 0.05) is 36.8 Å². The predicted molar refractivity (Wildman–Crippen MR) is 102 cm³/mol. The molecule has 0 bridgehead atoms. The molecule has 3 heterocycles. The molecule has 0 unspecified atom stereocenters. The van der Waals surface area contributed by atoms with Crippen molar-refractivity contribution < 1.29 is 17.9 Å². The first-order chi connectivity index (χ1) is 12.9. The fourth-order valence-electron chi connectivity index (χ4n) is 3.76. The number of aliphatic hydroxyl groups excluding tert-OH is 1. The number of oxazole rings is 1. The van der Waals surface area contributed by atoms with E-state index in [0.717, 1.165) is 31.7 Å². The van der Waals surface area contributed by atoms with Crippen LogP contribution in [0.2, 0.25) is 5.02 Å². The van der Waals surface area contributed by atoms with E-state index in [-0.39, 0.29) is 17.5 Å². The van der Waals surface area contributed by atoms with Gasteiger partial charge in [0.25, 0.3) is 0 Å². The number of aromatic nitrogens is 1. The minimum Gasteiger partial charge on any atom is -0.439 e. The number of halogens is 1. The maximum Gasteiger partial charge on any atom is 0.209 e. The molecule has 2 aromatic rings. The fraction of sp³-hybridized carbons (Fsp3) is 0.500. The molecule has 1 N–H and O–H groups in total. The lowest BCUT2D eigenvalue weighted by Crippen LogP contribution is -2.53. The molecule has 9 heteroatoms. The molecular weight excluding hydrogens is 390 g/mol. The lowest BCUT2D eigenvalue weighted by molar-refractivity contribution is 0.0402. The van der Waals surface area contributed by atoms with Crippen LogP contribution in [0.3, 0.4) is 0 Å². The Morgan fingerprint density at radius 2 is 2.00 bits per heavy atom. The van der Waals surface area contributed by atoms with Gasteiger partial charge in [-0.25, -0.2) is 13.4 Å². The van der Waals surface area contributed by atoms with Gasteiger partial charge in [-0.1, -0.05) is 23.7 Å². The number of hydrogen-bond donors (Lipinski definition) is 1. The van der Waals surface area contributed by atoms with Crippen molar-refractivity contribution in [3.63, 3.8) is 0 Å². The van der Waals surface area contributed by atoms with Crippen molar-refractivity contribution in [2.75, 3.05) is 37.7 Å². The van der Waals surface area contributed by atoms with E-state index in [4.69, 9.17) is 16.0 Å². The van der Waals surface area contributed by atoms with E-state index < -0.39 is 15.9 Å². The van der Waals surface area contributed by atoms with Crippen LogP contribution in [-0.4, -0.2) is 78.1 Å². The van der Waals surface area contributed by atoms with Gasteiger partial charge in [-0.15, -0.1) is 0 Å². The molecule has 2 aliphatic rings. The van der Waals surface area contributed by atoms with Gasteiger partial charge in [0.05, 0.1) is 36.4 Å². The number of piperazine rings is 1. The Morgan fingerprint density at radius 3 is 2.67 bits per heavy atom. The van der Waals surface area contributed by atoms with E-state index in [9.17, 15) is 13.5 Å². The lowest BCUT2D eigenvalue weighted by Gasteiger charge is -2.38. The summed E-state index contributed by atoms with van der Waals surface area (Å²) >= 11 is 6.02. The van der Waals surface area contributed by atoms with Crippen LogP contribution >= 0.6 is 11.6 Å². The monoisotopic (exact) mass is 411 g/mol. The molecule has 2 fully saturated rings. The quantitative estimate of drug-likeness (QED) is 0.810. The van der Waals surface area contributed by atoms with Crippen LogP contribution < -0.4 is 0 Å². The zero-order valence-corrected chi connectivity index (χ0v) is 16.4. The van der Waals surface area contributed by atoms with E-state index in [2.05, 4.69) is 14.8 Å². The molecule has 4 rings (SSSR count). The first-order valence-corrected chi connectivity index (χ1v) is 11.2. The highest BCUT2D eigenvalue weighted by Crippen LogP contribution is 2.24. The number of hydrogen-bond acceptors (Lipinski definition) is 7. The second-order valence-electron chi connectivity index (χ2n) is 7.15. The SMILES string of the molecule is O=S1(=O)C[C@@H](O)[C@H](N2CCN(Cc3ncc(-c4cccc(Cl)c4)o3)CC2)C1. The Morgan fingerprint density at radius 1 is 1.22 bits per heavy atom. The van der Waals surface area contributed by atoms with Crippen molar-refractivity contribution in [2.45, 2.75) is 18.7 Å². The van der Waals surface area contributed by atoms with Crippen LogP contribution in [0.1, 0.15) is 5.89 Å². The number of aliphatic hydroxyl groups is 1. The van der Waals surface area contributed by atoms with E-state index >= 15 is 0 Å². The maximum absolute atomic E-state index is 11.7. The van der Waals surface area contributed by atoms with Crippen molar-refractivity contribution in [3.8, 4) is 11.3 Å². The molecule has 27 heavy (non-hydrogen) atoms. The summed E-state index contributed by atoms with van der Waals surface area (Å²) in [6.45, 7) is 3.59. The number of nitrogens with zero attached hydrogens (tertiary/aromatic N) is 3. The largest absolute Gasteiger partial charge is 0.439 e. The van der Waals surface area contributed by atoms with Crippen molar-refractivity contribution >= 4 is 21.4 Å². The summed E-state index contributed by atoms with van der Waals surface area (Å²) in [6.07, 6.45) is 0.922. The standard InChI is InChI=1S/C18H22ClN3O4S/c19-14-3-1-2-13(8-14)17-9-20-18(26-17)10-21-4-6-22(7-5-21)15-11-27(24,25)12-16(15)23/h1-3,8-9,15-16,23H,4-7,10-12H2/t15-,16-/m1/s1. The van der Waals surface area contributed by atoms with Crippen molar-refractivity contribution in [3.05, 3.63) is 41.4 Å². The smallest absolute Gasteiger partial charge is 0.209 e. The summed E-state index contributed by atoms with van der Waals surface area (Å²) < 4.78 is 29.3. The van der Waals surface area contributed by atoms with E-state index in [1.165, 1.54) is 0 Å². The first kappa shape index (κ1) is 18.9. The third kappa shape index (κ3) is 4.35. The minimum atomic E-state index is -3.12. The van der Waals surface area contributed by atoms with E-state index in [0.29, 0.717) is 23.2 Å². The zero-order chi connectivity index (χ0) is 19.0. The molecule has 146 valence electrons. The summed E-state index contributed by atoms with van der Waals surface area (Å²) in [5, 5.41) is 10.7. The Kier molecular flexibility index (Phi) is 5.26. The zero-order valence-electron chi connectivity index (χ0n) is 14.8. The Bertz CT molecular complexity index is 909. The average Bonchev–Trinajstić information content (AvgIpc) is 3.19. The summed E-state index contributed by atoms with van der Waals surface area (Å²) in [4.78, 5) is 8.66. The summed E-state index contributed by atoms with van der Waals surface area (Å²) in [6, 6.07) is 7.17. The second-order valence-corrected chi connectivity index (χ2v) is 9.74. The minimum absolute atomic E-state index is 0.0525. The molecule has 0 aliphatic carbocycles. The molecule has 1 aromatic carbocycles. The third-order valence-electron chi connectivity index (χ3n) is 5.19.